The fourth-order valence-electron chi connectivity index (χ4n) is 1.82. The minimum absolute atomic E-state index is 0.240. The average molecular weight is 237 g/mol. The molecule has 18 heavy (non-hydrogen) atoms. The number of rotatable bonds is 2. The van der Waals surface area contributed by atoms with Crippen LogP contribution in [0, 0.1) is 0 Å². The number of benzene rings is 2. The van der Waals surface area contributed by atoms with Gasteiger partial charge in [-0.05, 0) is 36.4 Å². The predicted molar refractivity (Wildman–Crippen MR) is 68.5 cm³/mol. The van der Waals surface area contributed by atoms with E-state index < -0.39 is 0 Å². The van der Waals surface area contributed by atoms with Crippen LogP contribution in [-0.4, -0.2) is 19.9 Å². The van der Waals surface area contributed by atoms with Crippen molar-refractivity contribution < 1.29 is 5.11 Å². The molecule has 88 valence electrons. The van der Waals surface area contributed by atoms with Crippen LogP contribution in [0.3, 0.4) is 0 Å². The second-order valence-corrected chi connectivity index (χ2v) is 3.91. The van der Waals surface area contributed by atoms with Gasteiger partial charge in [-0.1, -0.05) is 18.2 Å². The van der Waals surface area contributed by atoms with E-state index in [-0.39, 0.29) is 5.75 Å². The lowest BCUT2D eigenvalue weighted by Gasteiger charge is -2.06. The van der Waals surface area contributed by atoms with Gasteiger partial charge in [-0.15, -0.1) is 10.2 Å². The average Bonchev–Trinajstić information content (AvgIpc) is 2.90. The van der Waals surface area contributed by atoms with E-state index in [1.165, 1.54) is 0 Å². The van der Waals surface area contributed by atoms with Crippen LogP contribution in [0.1, 0.15) is 0 Å². The van der Waals surface area contributed by atoms with Crippen LogP contribution in [0.25, 0.3) is 17.1 Å². The number of hydrogen-bond acceptors (Lipinski definition) is 3. The molecular formula is C14H11N3O. The van der Waals surface area contributed by atoms with Gasteiger partial charge in [0.15, 0.2) is 5.82 Å². The third-order valence-corrected chi connectivity index (χ3v) is 2.71. The standard InChI is InChI=1S/C14H11N3O/c18-13-8-6-11(7-9-13)14-16-15-10-17(14)12-4-2-1-3-5-12/h1-10,18H. The zero-order valence-corrected chi connectivity index (χ0v) is 9.56. The van der Waals surface area contributed by atoms with E-state index in [1.54, 1.807) is 18.5 Å². The van der Waals surface area contributed by atoms with Crippen molar-refractivity contribution in [3.05, 3.63) is 60.9 Å². The molecule has 1 heterocycles. The van der Waals surface area contributed by atoms with Crippen LogP contribution in [0.2, 0.25) is 0 Å². The molecule has 4 nitrogen and oxygen atoms in total. The summed E-state index contributed by atoms with van der Waals surface area (Å²) in [7, 11) is 0. The van der Waals surface area contributed by atoms with Crippen molar-refractivity contribution in [1.29, 1.82) is 0 Å². The molecule has 0 aliphatic rings. The Morgan fingerprint density at radius 1 is 0.889 bits per heavy atom. The molecule has 1 aromatic heterocycles. The molecule has 0 bridgehead atoms. The van der Waals surface area contributed by atoms with Gasteiger partial charge in [0.2, 0.25) is 0 Å². The van der Waals surface area contributed by atoms with Gasteiger partial charge in [-0.3, -0.25) is 4.57 Å². The molecule has 3 aromatic rings. The molecule has 0 atom stereocenters. The molecule has 0 aliphatic carbocycles. The van der Waals surface area contributed by atoms with Crippen molar-refractivity contribution in [3.63, 3.8) is 0 Å². The topological polar surface area (TPSA) is 50.9 Å². The minimum Gasteiger partial charge on any atom is -0.508 e. The fraction of sp³-hybridized carbons (Fsp3) is 0. The maximum Gasteiger partial charge on any atom is 0.168 e. The normalized spacial score (nSPS) is 10.4. The second kappa shape index (κ2) is 4.33. The van der Waals surface area contributed by atoms with Gasteiger partial charge in [-0.2, -0.15) is 0 Å². The molecule has 4 heteroatoms. The highest BCUT2D eigenvalue weighted by atomic mass is 16.3. The van der Waals surface area contributed by atoms with Crippen molar-refractivity contribution in [1.82, 2.24) is 14.8 Å². The number of phenols is 1. The number of aromatic hydroxyl groups is 1. The van der Waals surface area contributed by atoms with Crippen LogP contribution in [0.5, 0.6) is 5.75 Å². The quantitative estimate of drug-likeness (QED) is 0.745. The molecule has 0 aliphatic heterocycles. The molecule has 0 radical (unpaired) electrons. The molecule has 0 amide bonds. The van der Waals surface area contributed by atoms with Gasteiger partial charge in [0.05, 0.1) is 0 Å². The number of nitrogens with zero attached hydrogens (tertiary/aromatic N) is 3. The van der Waals surface area contributed by atoms with E-state index in [9.17, 15) is 5.11 Å². The lowest BCUT2D eigenvalue weighted by atomic mass is 10.2. The monoisotopic (exact) mass is 237 g/mol. The molecule has 0 spiro atoms. The van der Waals surface area contributed by atoms with Gasteiger partial charge < -0.3 is 5.11 Å². The van der Waals surface area contributed by atoms with E-state index in [4.69, 9.17) is 0 Å². The fourth-order valence-corrected chi connectivity index (χ4v) is 1.82. The largest absolute Gasteiger partial charge is 0.508 e. The maximum absolute atomic E-state index is 9.30. The van der Waals surface area contributed by atoms with Crippen molar-refractivity contribution in [2.75, 3.05) is 0 Å². The van der Waals surface area contributed by atoms with E-state index in [0.717, 1.165) is 17.1 Å². The first-order chi connectivity index (χ1) is 8.84. The van der Waals surface area contributed by atoms with E-state index >= 15 is 0 Å². The van der Waals surface area contributed by atoms with Gasteiger partial charge in [0.1, 0.15) is 12.1 Å². The van der Waals surface area contributed by atoms with Crippen LogP contribution >= 0.6 is 0 Å². The Balaban J connectivity index is 2.10. The number of aromatic nitrogens is 3. The number of hydrogen-bond donors (Lipinski definition) is 1. The zero-order chi connectivity index (χ0) is 12.4. The summed E-state index contributed by atoms with van der Waals surface area (Å²) in [6.45, 7) is 0. The van der Waals surface area contributed by atoms with Crippen molar-refractivity contribution in [3.8, 4) is 22.8 Å². The Labute approximate surface area is 104 Å². The van der Waals surface area contributed by atoms with Crippen molar-refractivity contribution >= 4 is 0 Å². The molecular weight excluding hydrogens is 226 g/mol. The first kappa shape index (κ1) is 10.5. The summed E-state index contributed by atoms with van der Waals surface area (Å²) < 4.78 is 1.91. The van der Waals surface area contributed by atoms with Gasteiger partial charge >= 0.3 is 0 Å². The van der Waals surface area contributed by atoms with Gasteiger partial charge in [0, 0.05) is 11.3 Å². The van der Waals surface area contributed by atoms with E-state index in [2.05, 4.69) is 10.2 Å². The molecule has 0 saturated carbocycles. The number of phenolic OH excluding ortho intramolecular Hbond substituents is 1. The van der Waals surface area contributed by atoms with Crippen molar-refractivity contribution in [2.45, 2.75) is 0 Å². The second-order valence-electron chi connectivity index (χ2n) is 3.91. The van der Waals surface area contributed by atoms with Crippen LogP contribution in [-0.2, 0) is 0 Å². The van der Waals surface area contributed by atoms with Crippen LogP contribution in [0.4, 0.5) is 0 Å². The summed E-state index contributed by atoms with van der Waals surface area (Å²) in [6.07, 6.45) is 1.68. The first-order valence-electron chi connectivity index (χ1n) is 5.59. The Morgan fingerprint density at radius 3 is 2.33 bits per heavy atom. The third kappa shape index (κ3) is 1.84. The molecule has 1 N–H and O–H groups in total. The summed E-state index contributed by atoms with van der Waals surface area (Å²) in [5.41, 5.74) is 1.92. The highest BCUT2D eigenvalue weighted by molar-refractivity contribution is 5.58. The van der Waals surface area contributed by atoms with Gasteiger partial charge in [0.25, 0.3) is 0 Å². The third-order valence-electron chi connectivity index (χ3n) is 2.71. The Hall–Kier alpha value is -2.62. The smallest absolute Gasteiger partial charge is 0.168 e. The highest BCUT2D eigenvalue weighted by Crippen LogP contribution is 2.22. The molecule has 0 saturated heterocycles. The predicted octanol–water partition coefficient (Wildman–Crippen LogP) is 2.64. The summed E-state index contributed by atoms with van der Waals surface area (Å²) in [5, 5.41) is 17.4. The molecule has 0 fully saturated rings. The zero-order valence-electron chi connectivity index (χ0n) is 9.56. The van der Waals surface area contributed by atoms with Crippen LogP contribution < -0.4 is 0 Å². The highest BCUT2D eigenvalue weighted by Gasteiger charge is 2.08. The summed E-state index contributed by atoms with van der Waals surface area (Å²) in [4.78, 5) is 0. The Bertz CT molecular complexity index is 644. The minimum atomic E-state index is 0.240. The van der Waals surface area contributed by atoms with Gasteiger partial charge in [-0.25, -0.2) is 0 Å². The molecule has 2 aromatic carbocycles. The molecule has 3 rings (SSSR count). The van der Waals surface area contributed by atoms with Crippen LogP contribution in [0.15, 0.2) is 60.9 Å². The first-order valence-corrected chi connectivity index (χ1v) is 5.59. The van der Waals surface area contributed by atoms with E-state index in [1.807, 2.05) is 47.0 Å². The number of para-hydroxylation sites is 1. The summed E-state index contributed by atoms with van der Waals surface area (Å²) >= 11 is 0. The lowest BCUT2D eigenvalue weighted by Crippen LogP contribution is -1.95. The lowest BCUT2D eigenvalue weighted by molar-refractivity contribution is 0.475. The van der Waals surface area contributed by atoms with E-state index in [0.29, 0.717) is 0 Å². The summed E-state index contributed by atoms with van der Waals surface area (Å²) in [5.74, 6) is 0.991. The maximum atomic E-state index is 9.30. The molecule has 0 unspecified atom stereocenters. The Kier molecular flexibility index (Phi) is 2.53. The Morgan fingerprint density at radius 2 is 1.61 bits per heavy atom. The summed E-state index contributed by atoms with van der Waals surface area (Å²) in [6, 6.07) is 16.8. The SMILES string of the molecule is Oc1ccc(-c2nncn2-c2ccccc2)cc1. The van der Waals surface area contributed by atoms with Crippen molar-refractivity contribution in [2.24, 2.45) is 0 Å².